The molecule has 0 unspecified atom stereocenters. The number of aromatic amines is 1. The van der Waals surface area contributed by atoms with Crippen LogP contribution in [0.1, 0.15) is 24.1 Å². The van der Waals surface area contributed by atoms with Crippen molar-refractivity contribution in [2.75, 3.05) is 38.1 Å². The summed E-state index contributed by atoms with van der Waals surface area (Å²) in [5.41, 5.74) is 3.13. The van der Waals surface area contributed by atoms with Crippen LogP contribution in [0.25, 0.3) is 10.9 Å². The Hall–Kier alpha value is -2.61. The zero-order valence-electron chi connectivity index (χ0n) is 16.7. The van der Waals surface area contributed by atoms with E-state index in [0.29, 0.717) is 0 Å². The van der Waals surface area contributed by atoms with E-state index in [2.05, 4.69) is 30.9 Å². The highest BCUT2D eigenvalue weighted by Crippen LogP contribution is 2.24. The lowest BCUT2D eigenvalue weighted by molar-refractivity contribution is 0.629. The highest BCUT2D eigenvalue weighted by molar-refractivity contribution is 7.13. The molecule has 0 amide bonds. The number of thiazole rings is 1. The number of hydrogen-bond acceptors (Lipinski definition) is 4. The summed E-state index contributed by atoms with van der Waals surface area (Å²) in [5.74, 6) is 0.562. The first-order valence-electron chi connectivity index (χ1n) is 10.1. The van der Waals surface area contributed by atoms with Crippen molar-refractivity contribution in [3.05, 3.63) is 46.9 Å². The Morgan fingerprint density at radius 2 is 2.03 bits per heavy atom. The topological polar surface area (TPSA) is 68.3 Å². The van der Waals surface area contributed by atoms with Gasteiger partial charge in [0.05, 0.1) is 5.69 Å². The van der Waals surface area contributed by atoms with E-state index in [1.54, 1.807) is 18.4 Å². The van der Waals surface area contributed by atoms with Gasteiger partial charge in [0.15, 0.2) is 11.1 Å². The van der Waals surface area contributed by atoms with E-state index in [1.807, 2.05) is 12.3 Å². The molecule has 0 atom stereocenters. The lowest BCUT2D eigenvalue weighted by Crippen LogP contribution is -2.39. The fourth-order valence-corrected chi connectivity index (χ4v) is 4.59. The maximum Gasteiger partial charge on any atom is 0.190 e. The van der Waals surface area contributed by atoms with Crippen molar-refractivity contribution in [3.8, 4) is 0 Å². The summed E-state index contributed by atoms with van der Waals surface area (Å²) in [6.07, 6.45) is 6.20. The molecule has 1 saturated heterocycles. The van der Waals surface area contributed by atoms with Gasteiger partial charge in [0.25, 0.3) is 0 Å². The van der Waals surface area contributed by atoms with Crippen molar-refractivity contribution in [1.29, 1.82) is 0 Å². The second kappa shape index (κ2) is 9.26. The van der Waals surface area contributed by atoms with Crippen molar-refractivity contribution in [3.63, 3.8) is 0 Å². The van der Waals surface area contributed by atoms with Gasteiger partial charge in [0.1, 0.15) is 5.82 Å². The zero-order chi connectivity index (χ0) is 20.1. The second-order valence-electron chi connectivity index (χ2n) is 7.25. The summed E-state index contributed by atoms with van der Waals surface area (Å²) in [5, 5.41) is 11.1. The van der Waals surface area contributed by atoms with Gasteiger partial charge < -0.3 is 20.5 Å². The fraction of sp³-hybridized carbons (Fsp3) is 0.429. The molecule has 1 aromatic carbocycles. The number of nitrogens with one attached hydrogen (secondary N) is 3. The Balaban J connectivity index is 1.21. The Morgan fingerprint density at radius 3 is 2.83 bits per heavy atom. The first-order chi connectivity index (χ1) is 14.2. The van der Waals surface area contributed by atoms with E-state index in [-0.39, 0.29) is 5.82 Å². The molecule has 0 aliphatic carbocycles. The van der Waals surface area contributed by atoms with Crippen LogP contribution in [-0.4, -0.2) is 49.2 Å². The van der Waals surface area contributed by atoms with E-state index in [9.17, 15) is 4.39 Å². The summed E-state index contributed by atoms with van der Waals surface area (Å²) in [7, 11) is 1.78. The van der Waals surface area contributed by atoms with E-state index in [4.69, 9.17) is 4.98 Å². The molecule has 6 nitrogen and oxygen atoms in total. The number of halogens is 1. The van der Waals surface area contributed by atoms with Crippen molar-refractivity contribution < 1.29 is 4.39 Å². The van der Waals surface area contributed by atoms with Crippen LogP contribution in [-0.2, 0) is 12.8 Å². The molecule has 0 bridgehead atoms. The number of benzene rings is 1. The number of hydrogen-bond donors (Lipinski definition) is 3. The summed E-state index contributed by atoms with van der Waals surface area (Å²) < 4.78 is 13.3. The third-order valence-corrected chi connectivity index (χ3v) is 6.18. The standard InChI is InChI=1S/C21H27FN6S/c1-23-20(24-8-6-15-13-26-19-12-16(22)4-5-18(15)19)25-9-7-17-14-29-21(27-17)28-10-2-3-11-28/h4-5,12-14,26H,2-3,6-11H2,1H3,(H2,23,24,25). The van der Waals surface area contributed by atoms with Gasteiger partial charge in [0, 0.05) is 62.1 Å². The van der Waals surface area contributed by atoms with Crippen molar-refractivity contribution in [2.24, 2.45) is 4.99 Å². The minimum Gasteiger partial charge on any atom is -0.361 e. The monoisotopic (exact) mass is 414 g/mol. The third-order valence-electron chi connectivity index (χ3n) is 5.23. The summed E-state index contributed by atoms with van der Waals surface area (Å²) >= 11 is 1.74. The second-order valence-corrected chi connectivity index (χ2v) is 8.08. The number of rotatable bonds is 7. The van der Waals surface area contributed by atoms with Crippen molar-refractivity contribution in [2.45, 2.75) is 25.7 Å². The SMILES string of the molecule is CN=C(NCCc1csc(N2CCCC2)n1)NCCc1c[nH]c2cc(F)ccc12. The molecular formula is C21H27FN6S. The molecule has 1 aliphatic rings. The average Bonchev–Trinajstić information content (AvgIpc) is 3.47. The Morgan fingerprint density at radius 1 is 1.24 bits per heavy atom. The van der Waals surface area contributed by atoms with Crippen LogP contribution in [0.4, 0.5) is 9.52 Å². The largest absolute Gasteiger partial charge is 0.361 e. The number of aromatic nitrogens is 2. The summed E-state index contributed by atoms with van der Waals surface area (Å²) in [6.45, 7) is 3.80. The first-order valence-corrected chi connectivity index (χ1v) is 11.0. The first kappa shape index (κ1) is 19.7. The van der Waals surface area contributed by atoms with Crippen molar-refractivity contribution in [1.82, 2.24) is 20.6 Å². The number of nitrogens with zero attached hydrogens (tertiary/aromatic N) is 3. The summed E-state index contributed by atoms with van der Waals surface area (Å²) in [4.78, 5) is 14.6. The van der Waals surface area contributed by atoms with Gasteiger partial charge >= 0.3 is 0 Å². The Labute approximate surface area is 174 Å². The number of aliphatic imine (C=N–C) groups is 1. The van der Waals surface area contributed by atoms with E-state index < -0.39 is 0 Å². The normalized spacial score (nSPS) is 14.7. The maximum absolute atomic E-state index is 13.3. The van der Waals surface area contributed by atoms with Crippen LogP contribution in [0.15, 0.2) is 34.8 Å². The molecule has 3 aromatic rings. The lowest BCUT2D eigenvalue weighted by atomic mass is 10.1. The molecule has 1 fully saturated rings. The quantitative estimate of drug-likeness (QED) is 0.410. The molecule has 3 N–H and O–H groups in total. The number of fused-ring (bicyclic) bond motifs is 1. The molecule has 154 valence electrons. The zero-order valence-corrected chi connectivity index (χ0v) is 17.5. The van der Waals surface area contributed by atoms with Crippen LogP contribution in [0.3, 0.4) is 0 Å². The molecule has 3 heterocycles. The lowest BCUT2D eigenvalue weighted by Gasteiger charge is -2.12. The van der Waals surface area contributed by atoms with E-state index >= 15 is 0 Å². The molecule has 8 heteroatoms. The van der Waals surface area contributed by atoms with Gasteiger partial charge in [-0.05, 0) is 43.0 Å². The van der Waals surface area contributed by atoms with Gasteiger partial charge in [-0.25, -0.2) is 9.37 Å². The van der Waals surface area contributed by atoms with Crippen LogP contribution in [0.2, 0.25) is 0 Å². The average molecular weight is 415 g/mol. The molecule has 1 aliphatic heterocycles. The van der Waals surface area contributed by atoms with Gasteiger partial charge in [-0.2, -0.15) is 0 Å². The number of anilines is 1. The van der Waals surface area contributed by atoms with E-state index in [0.717, 1.165) is 66.7 Å². The van der Waals surface area contributed by atoms with Gasteiger partial charge in [0.2, 0.25) is 0 Å². The highest BCUT2D eigenvalue weighted by atomic mass is 32.1. The van der Waals surface area contributed by atoms with Gasteiger partial charge in [-0.15, -0.1) is 11.3 Å². The molecular weight excluding hydrogens is 387 g/mol. The minimum absolute atomic E-state index is 0.221. The molecule has 0 spiro atoms. The summed E-state index contributed by atoms with van der Waals surface area (Å²) in [6, 6.07) is 4.86. The molecule has 2 aromatic heterocycles. The minimum atomic E-state index is -0.221. The Kier molecular flexibility index (Phi) is 6.29. The highest BCUT2D eigenvalue weighted by Gasteiger charge is 2.15. The van der Waals surface area contributed by atoms with Crippen LogP contribution < -0.4 is 15.5 Å². The molecule has 29 heavy (non-hydrogen) atoms. The molecule has 4 rings (SSSR count). The molecule has 0 radical (unpaired) electrons. The van der Waals surface area contributed by atoms with E-state index in [1.165, 1.54) is 30.5 Å². The number of H-pyrrole nitrogens is 1. The third kappa shape index (κ3) is 4.87. The number of guanidine groups is 1. The van der Waals surface area contributed by atoms with Gasteiger partial charge in [-0.3, -0.25) is 4.99 Å². The fourth-order valence-electron chi connectivity index (χ4n) is 3.68. The smallest absolute Gasteiger partial charge is 0.190 e. The van der Waals surface area contributed by atoms with Crippen molar-refractivity contribution >= 4 is 33.3 Å². The predicted molar refractivity (Wildman–Crippen MR) is 119 cm³/mol. The predicted octanol–water partition coefficient (Wildman–Crippen LogP) is 3.31. The van der Waals surface area contributed by atoms with Crippen LogP contribution in [0.5, 0.6) is 0 Å². The Bertz CT molecular complexity index is 973. The van der Waals surface area contributed by atoms with Crippen LogP contribution in [0, 0.1) is 5.82 Å². The maximum atomic E-state index is 13.3. The van der Waals surface area contributed by atoms with Gasteiger partial charge in [-0.1, -0.05) is 0 Å². The molecule has 0 saturated carbocycles. The van der Waals surface area contributed by atoms with Crippen LogP contribution >= 0.6 is 11.3 Å².